The molecule has 0 spiro atoms. The van der Waals surface area contributed by atoms with Crippen molar-refractivity contribution in [2.24, 2.45) is 0 Å². The van der Waals surface area contributed by atoms with E-state index in [9.17, 15) is 9.59 Å². The number of hydrogen-bond donors (Lipinski definition) is 3. The van der Waals surface area contributed by atoms with Crippen LogP contribution in [0.15, 0.2) is 0 Å². The third kappa shape index (κ3) is 3.44. The number of amides is 2. The van der Waals surface area contributed by atoms with E-state index in [1.54, 1.807) is 6.92 Å². The Labute approximate surface area is 64.8 Å². The van der Waals surface area contributed by atoms with Gasteiger partial charge >= 0.3 is 12.0 Å². The second kappa shape index (κ2) is 4.54. The minimum absolute atomic E-state index is 0.378. The van der Waals surface area contributed by atoms with Crippen LogP contribution in [0.4, 0.5) is 4.79 Å². The Bertz CT molecular complexity index is 158. The Kier molecular flexibility index (Phi) is 4.02. The highest BCUT2D eigenvalue weighted by Gasteiger charge is 2.15. The van der Waals surface area contributed by atoms with Crippen molar-refractivity contribution >= 4 is 12.0 Å². The predicted octanol–water partition coefficient (Wildman–Crippen LogP) is -0.221. The summed E-state index contributed by atoms with van der Waals surface area (Å²) in [6, 6.07) is -1.27. The standard InChI is InChI=1S/C6H12N2O3/c1-3-4(5(9)10)8-6(11)7-2/h4H,3H2,1-2H3,(H,9,10)(H2,7,8,11)/t4-/m1/s1. The van der Waals surface area contributed by atoms with Crippen molar-refractivity contribution < 1.29 is 14.7 Å². The molecule has 3 N–H and O–H groups in total. The topological polar surface area (TPSA) is 78.4 Å². The first kappa shape index (κ1) is 9.74. The molecule has 0 saturated heterocycles. The molecule has 0 saturated carbocycles. The minimum Gasteiger partial charge on any atom is -0.480 e. The molecule has 0 heterocycles. The maximum absolute atomic E-state index is 10.6. The Morgan fingerprint density at radius 1 is 1.55 bits per heavy atom. The summed E-state index contributed by atoms with van der Waals surface area (Å²) >= 11 is 0. The minimum atomic E-state index is -1.02. The number of urea groups is 1. The average Bonchev–Trinajstić information content (AvgIpc) is 1.99. The lowest BCUT2D eigenvalue weighted by molar-refractivity contribution is -0.139. The van der Waals surface area contributed by atoms with E-state index in [-0.39, 0.29) is 0 Å². The number of nitrogens with one attached hydrogen (secondary N) is 2. The van der Waals surface area contributed by atoms with Crippen molar-refractivity contribution in [2.45, 2.75) is 19.4 Å². The molecule has 0 bridgehead atoms. The first-order chi connectivity index (χ1) is 5.11. The van der Waals surface area contributed by atoms with Gasteiger partial charge in [-0.3, -0.25) is 0 Å². The lowest BCUT2D eigenvalue weighted by Crippen LogP contribution is -2.44. The SMILES string of the molecule is CC[C@@H](NC(=O)NC)C(=O)O. The van der Waals surface area contributed by atoms with E-state index in [1.807, 2.05) is 0 Å². The second-order valence-corrected chi connectivity index (χ2v) is 2.02. The van der Waals surface area contributed by atoms with Gasteiger partial charge in [0.25, 0.3) is 0 Å². The molecule has 0 aromatic rings. The van der Waals surface area contributed by atoms with Gasteiger partial charge in [0, 0.05) is 7.05 Å². The first-order valence-electron chi connectivity index (χ1n) is 3.32. The maximum atomic E-state index is 10.6. The van der Waals surface area contributed by atoms with E-state index < -0.39 is 18.0 Å². The lowest BCUT2D eigenvalue weighted by Gasteiger charge is -2.10. The van der Waals surface area contributed by atoms with Crippen LogP contribution in [0.3, 0.4) is 0 Å². The van der Waals surface area contributed by atoms with E-state index in [0.29, 0.717) is 6.42 Å². The highest BCUT2D eigenvalue weighted by molar-refractivity contribution is 5.82. The molecule has 5 nitrogen and oxygen atoms in total. The Balaban J connectivity index is 3.88. The summed E-state index contributed by atoms with van der Waals surface area (Å²) in [4.78, 5) is 20.9. The third-order valence-corrected chi connectivity index (χ3v) is 1.24. The summed E-state index contributed by atoms with van der Waals surface area (Å²) in [7, 11) is 1.43. The molecule has 0 unspecified atom stereocenters. The molecule has 0 fully saturated rings. The summed E-state index contributed by atoms with van der Waals surface area (Å²) < 4.78 is 0. The fraction of sp³-hybridized carbons (Fsp3) is 0.667. The third-order valence-electron chi connectivity index (χ3n) is 1.24. The monoisotopic (exact) mass is 160 g/mol. The number of hydrogen-bond acceptors (Lipinski definition) is 2. The molecular formula is C6H12N2O3. The predicted molar refractivity (Wildman–Crippen MR) is 39.3 cm³/mol. The largest absolute Gasteiger partial charge is 0.480 e. The number of carbonyl (C=O) groups is 2. The smallest absolute Gasteiger partial charge is 0.326 e. The molecule has 11 heavy (non-hydrogen) atoms. The van der Waals surface area contributed by atoms with Gasteiger partial charge in [-0.05, 0) is 6.42 Å². The van der Waals surface area contributed by atoms with Crippen LogP contribution in [-0.4, -0.2) is 30.2 Å². The van der Waals surface area contributed by atoms with Gasteiger partial charge < -0.3 is 15.7 Å². The van der Waals surface area contributed by atoms with Crippen LogP contribution >= 0.6 is 0 Å². The molecule has 64 valence electrons. The van der Waals surface area contributed by atoms with Gasteiger partial charge in [0.1, 0.15) is 6.04 Å². The molecule has 0 rings (SSSR count). The number of aliphatic carboxylic acids is 1. The van der Waals surface area contributed by atoms with E-state index in [4.69, 9.17) is 5.11 Å². The quantitative estimate of drug-likeness (QED) is 0.534. The van der Waals surface area contributed by atoms with Crippen LogP contribution in [0.5, 0.6) is 0 Å². The number of carboxylic acid groups (broad SMARTS) is 1. The summed E-state index contributed by atoms with van der Waals surface area (Å²) in [5.74, 6) is -1.02. The Morgan fingerprint density at radius 3 is 2.36 bits per heavy atom. The zero-order valence-electron chi connectivity index (χ0n) is 6.55. The molecule has 5 heteroatoms. The molecule has 0 radical (unpaired) electrons. The molecule has 0 aromatic carbocycles. The number of carbonyl (C=O) groups excluding carboxylic acids is 1. The van der Waals surface area contributed by atoms with Crippen LogP contribution in [0.1, 0.15) is 13.3 Å². The summed E-state index contributed by atoms with van der Waals surface area (Å²) in [5.41, 5.74) is 0. The molecule has 0 aliphatic heterocycles. The average molecular weight is 160 g/mol. The van der Waals surface area contributed by atoms with Crippen molar-refractivity contribution in [3.05, 3.63) is 0 Å². The number of carboxylic acids is 1. The molecular weight excluding hydrogens is 148 g/mol. The molecule has 0 aromatic heterocycles. The van der Waals surface area contributed by atoms with Crippen molar-refractivity contribution in [3.63, 3.8) is 0 Å². The Morgan fingerprint density at radius 2 is 2.09 bits per heavy atom. The normalized spacial score (nSPS) is 11.8. The summed E-state index contributed by atoms with van der Waals surface area (Å²) in [6.07, 6.45) is 0.378. The fourth-order valence-electron chi connectivity index (χ4n) is 0.569. The van der Waals surface area contributed by atoms with Gasteiger partial charge in [-0.1, -0.05) is 6.92 Å². The highest BCUT2D eigenvalue weighted by Crippen LogP contribution is 1.89. The summed E-state index contributed by atoms with van der Waals surface area (Å²) in [5, 5.41) is 13.0. The highest BCUT2D eigenvalue weighted by atomic mass is 16.4. The van der Waals surface area contributed by atoms with Crippen molar-refractivity contribution in [3.8, 4) is 0 Å². The second-order valence-electron chi connectivity index (χ2n) is 2.02. The van der Waals surface area contributed by atoms with Crippen LogP contribution in [0.25, 0.3) is 0 Å². The van der Waals surface area contributed by atoms with Crippen LogP contribution in [0.2, 0.25) is 0 Å². The zero-order valence-corrected chi connectivity index (χ0v) is 6.55. The maximum Gasteiger partial charge on any atom is 0.326 e. The van der Waals surface area contributed by atoms with Gasteiger partial charge in [-0.15, -0.1) is 0 Å². The van der Waals surface area contributed by atoms with Gasteiger partial charge in [-0.25, -0.2) is 9.59 Å². The van der Waals surface area contributed by atoms with E-state index >= 15 is 0 Å². The van der Waals surface area contributed by atoms with Crippen LogP contribution in [0, 0.1) is 0 Å². The molecule has 0 aliphatic rings. The zero-order chi connectivity index (χ0) is 8.85. The fourth-order valence-corrected chi connectivity index (χ4v) is 0.569. The van der Waals surface area contributed by atoms with Gasteiger partial charge in [-0.2, -0.15) is 0 Å². The van der Waals surface area contributed by atoms with Gasteiger partial charge in [0.2, 0.25) is 0 Å². The van der Waals surface area contributed by atoms with Gasteiger partial charge in [0.15, 0.2) is 0 Å². The summed E-state index contributed by atoms with van der Waals surface area (Å²) in [6.45, 7) is 1.69. The van der Waals surface area contributed by atoms with Crippen molar-refractivity contribution in [2.75, 3.05) is 7.05 Å². The van der Waals surface area contributed by atoms with E-state index in [0.717, 1.165) is 0 Å². The van der Waals surface area contributed by atoms with Gasteiger partial charge in [0.05, 0.1) is 0 Å². The van der Waals surface area contributed by atoms with E-state index in [1.165, 1.54) is 7.05 Å². The molecule has 0 aliphatic carbocycles. The lowest BCUT2D eigenvalue weighted by atomic mass is 10.2. The number of rotatable bonds is 3. The Hall–Kier alpha value is -1.26. The molecule has 2 amide bonds. The van der Waals surface area contributed by atoms with Crippen LogP contribution in [-0.2, 0) is 4.79 Å². The van der Waals surface area contributed by atoms with Crippen LogP contribution < -0.4 is 10.6 Å². The van der Waals surface area contributed by atoms with E-state index in [2.05, 4.69) is 10.6 Å². The van der Waals surface area contributed by atoms with Crippen molar-refractivity contribution in [1.29, 1.82) is 0 Å². The first-order valence-corrected chi connectivity index (χ1v) is 3.32. The van der Waals surface area contributed by atoms with Crippen molar-refractivity contribution in [1.82, 2.24) is 10.6 Å². The molecule has 1 atom stereocenters.